The number of hydrogen-bond acceptors (Lipinski definition) is 2. The van der Waals surface area contributed by atoms with Gasteiger partial charge in [0, 0.05) is 12.6 Å². The Morgan fingerprint density at radius 2 is 2.36 bits per heavy atom. The second kappa shape index (κ2) is 2.86. The maximum Gasteiger partial charge on any atom is 0.0794 e. The molecule has 64 valence electrons. The first-order chi connectivity index (χ1) is 5.05. The Kier molecular flexibility index (Phi) is 2.23. The van der Waals surface area contributed by atoms with Crippen molar-refractivity contribution in [2.24, 2.45) is 0 Å². The molecule has 1 heterocycles. The second-order valence-corrected chi connectivity index (χ2v) is 3.74. The van der Waals surface area contributed by atoms with Crippen molar-refractivity contribution >= 4 is 0 Å². The summed E-state index contributed by atoms with van der Waals surface area (Å²) < 4.78 is 0. The average molecular weight is 155 g/mol. The first-order valence-electron chi connectivity index (χ1n) is 4.16. The summed E-state index contributed by atoms with van der Waals surface area (Å²) in [6.45, 7) is 8.48. The number of β-amino-alcohol motifs (C(OH)–C–C–N with tert-alkyl or cyclic N) is 1. The molecule has 0 amide bonds. The average Bonchev–Trinajstić information content (AvgIpc) is 1.94. The van der Waals surface area contributed by atoms with E-state index in [1.165, 1.54) is 0 Å². The Hall–Kier alpha value is -0.500. The highest BCUT2D eigenvalue weighted by Gasteiger charge is 2.30. The van der Waals surface area contributed by atoms with E-state index in [4.69, 9.17) is 0 Å². The topological polar surface area (TPSA) is 23.5 Å². The number of likely N-dealkylation sites (tertiary alicyclic amines) is 1. The van der Waals surface area contributed by atoms with Gasteiger partial charge in [0.05, 0.1) is 5.60 Å². The molecule has 1 rings (SSSR count). The largest absolute Gasteiger partial charge is 0.388 e. The van der Waals surface area contributed by atoms with Crippen molar-refractivity contribution in [2.75, 3.05) is 6.54 Å². The van der Waals surface area contributed by atoms with Gasteiger partial charge in [0.1, 0.15) is 0 Å². The SMILES string of the molecule is C=CN1C[C@](C)(O)CC[C@@H]1C. The smallest absolute Gasteiger partial charge is 0.0794 e. The summed E-state index contributed by atoms with van der Waals surface area (Å²) in [6, 6.07) is 0.535. The number of nitrogens with zero attached hydrogens (tertiary/aromatic N) is 1. The third-order valence-corrected chi connectivity index (χ3v) is 2.42. The molecule has 0 aromatic rings. The summed E-state index contributed by atoms with van der Waals surface area (Å²) in [6.07, 6.45) is 3.77. The van der Waals surface area contributed by atoms with Crippen LogP contribution in [0.4, 0.5) is 0 Å². The Labute approximate surface area is 68.5 Å². The predicted molar refractivity (Wildman–Crippen MR) is 46.2 cm³/mol. The van der Waals surface area contributed by atoms with Gasteiger partial charge in [0.2, 0.25) is 0 Å². The van der Waals surface area contributed by atoms with Crippen LogP contribution in [0.25, 0.3) is 0 Å². The maximum absolute atomic E-state index is 9.70. The lowest BCUT2D eigenvalue weighted by Crippen LogP contribution is -2.47. The van der Waals surface area contributed by atoms with Crippen LogP contribution in [0, 0.1) is 0 Å². The van der Waals surface area contributed by atoms with Crippen molar-refractivity contribution in [1.82, 2.24) is 4.90 Å². The molecule has 2 atom stereocenters. The molecule has 0 unspecified atom stereocenters. The molecule has 0 radical (unpaired) electrons. The van der Waals surface area contributed by atoms with Crippen molar-refractivity contribution in [3.05, 3.63) is 12.8 Å². The monoisotopic (exact) mass is 155 g/mol. The van der Waals surface area contributed by atoms with Gasteiger partial charge in [0.25, 0.3) is 0 Å². The van der Waals surface area contributed by atoms with Crippen LogP contribution in [0.15, 0.2) is 12.8 Å². The molecule has 2 heteroatoms. The molecule has 1 saturated heterocycles. The van der Waals surface area contributed by atoms with Crippen LogP contribution in [0.2, 0.25) is 0 Å². The quantitative estimate of drug-likeness (QED) is 0.618. The van der Waals surface area contributed by atoms with Crippen LogP contribution in [-0.4, -0.2) is 28.2 Å². The van der Waals surface area contributed by atoms with E-state index < -0.39 is 5.60 Å². The zero-order chi connectivity index (χ0) is 8.48. The summed E-state index contributed by atoms with van der Waals surface area (Å²) in [5.74, 6) is 0. The lowest BCUT2D eigenvalue weighted by Gasteiger charge is -2.40. The summed E-state index contributed by atoms with van der Waals surface area (Å²) >= 11 is 0. The third-order valence-electron chi connectivity index (χ3n) is 2.42. The molecule has 1 aliphatic rings. The number of aliphatic hydroxyl groups is 1. The summed E-state index contributed by atoms with van der Waals surface area (Å²) in [4.78, 5) is 2.10. The number of rotatable bonds is 1. The van der Waals surface area contributed by atoms with Gasteiger partial charge in [-0.1, -0.05) is 6.58 Å². The van der Waals surface area contributed by atoms with Gasteiger partial charge >= 0.3 is 0 Å². The van der Waals surface area contributed by atoms with Gasteiger partial charge in [-0.15, -0.1) is 0 Å². The minimum absolute atomic E-state index is 0.513. The van der Waals surface area contributed by atoms with E-state index in [1.54, 1.807) is 0 Å². The molecule has 1 N–H and O–H groups in total. The predicted octanol–water partition coefficient (Wildman–Crippen LogP) is 1.37. The van der Waals surface area contributed by atoms with Crippen molar-refractivity contribution in [1.29, 1.82) is 0 Å². The molecule has 2 nitrogen and oxygen atoms in total. The molecular formula is C9H17NO. The van der Waals surface area contributed by atoms with Crippen molar-refractivity contribution in [3.63, 3.8) is 0 Å². The fourth-order valence-corrected chi connectivity index (χ4v) is 1.56. The fraction of sp³-hybridized carbons (Fsp3) is 0.778. The van der Waals surface area contributed by atoms with E-state index in [9.17, 15) is 5.11 Å². The Bertz CT molecular complexity index is 154. The second-order valence-electron chi connectivity index (χ2n) is 3.74. The molecule has 0 aliphatic carbocycles. The Morgan fingerprint density at radius 3 is 2.82 bits per heavy atom. The standard InChI is InChI=1S/C9H17NO/c1-4-10-7-9(3,11)6-5-8(10)2/h4,8,11H,1,5-7H2,2-3H3/t8-,9+/m0/s1. The Morgan fingerprint density at radius 1 is 1.73 bits per heavy atom. The van der Waals surface area contributed by atoms with E-state index in [-0.39, 0.29) is 0 Å². The van der Waals surface area contributed by atoms with Gasteiger partial charge in [-0.2, -0.15) is 0 Å². The summed E-state index contributed by atoms with van der Waals surface area (Å²) in [7, 11) is 0. The highest BCUT2D eigenvalue weighted by atomic mass is 16.3. The van der Waals surface area contributed by atoms with E-state index in [2.05, 4.69) is 18.4 Å². The zero-order valence-electron chi connectivity index (χ0n) is 7.38. The fourth-order valence-electron chi connectivity index (χ4n) is 1.56. The van der Waals surface area contributed by atoms with Gasteiger partial charge in [-0.3, -0.25) is 0 Å². The van der Waals surface area contributed by atoms with E-state index in [0.29, 0.717) is 6.04 Å². The number of piperidine rings is 1. The highest BCUT2D eigenvalue weighted by molar-refractivity contribution is 4.90. The van der Waals surface area contributed by atoms with Gasteiger partial charge in [-0.25, -0.2) is 0 Å². The highest BCUT2D eigenvalue weighted by Crippen LogP contribution is 2.24. The van der Waals surface area contributed by atoms with E-state index in [1.807, 2.05) is 13.1 Å². The third kappa shape index (κ3) is 1.96. The van der Waals surface area contributed by atoms with E-state index >= 15 is 0 Å². The summed E-state index contributed by atoms with van der Waals surface area (Å²) in [5.41, 5.74) is -0.513. The molecule has 1 fully saturated rings. The van der Waals surface area contributed by atoms with Crippen LogP contribution in [0.3, 0.4) is 0 Å². The van der Waals surface area contributed by atoms with Crippen molar-refractivity contribution < 1.29 is 5.11 Å². The van der Waals surface area contributed by atoms with Crippen LogP contribution in [0.1, 0.15) is 26.7 Å². The minimum Gasteiger partial charge on any atom is -0.388 e. The van der Waals surface area contributed by atoms with Gasteiger partial charge in [-0.05, 0) is 32.9 Å². The van der Waals surface area contributed by atoms with Crippen molar-refractivity contribution in [3.8, 4) is 0 Å². The zero-order valence-corrected chi connectivity index (χ0v) is 7.38. The molecule has 0 spiro atoms. The molecule has 0 aromatic heterocycles. The van der Waals surface area contributed by atoms with Crippen LogP contribution in [0.5, 0.6) is 0 Å². The normalized spacial score (nSPS) is 38.8. The first-order valence-corrected chi connectivity index (χ1v) is 4.16. The summed E-state index contributed by atoms with van der Waals surface area (Å²) in [5, 5.41) is 9.70. The van der Waals surface area contributed by atoms with Crippen LogP contribution in [-0.2, 0) is 0 Å². The minimum atomic E-state index is -0.513. The van der Waals surface area contributed by atoms with Crippen molar-refractivity contribution in [2.45, 2.75) is 38.3 Å². The van der Waals surface area contributed by atoms with E-state index in [0.717, 1.165) is 19.4 Å². The van der Waals surface area contributed by atoms with Crippen LogP contribution < -0.4 is 0 Å². The van der Waals surface area contributed by atoms with Gasteiger partial charge < -0.3 is 10.0 Å². The Balaban J connectivity index is 2.58. The first kappa shape index (κ1) is 8.60. The molecule has 1 aliphatic heterocycles. The lowest BCUT2D eigenvalue weighted by molar-refractivity contribution is -0.0172. The molecular weight excluding hydrogens is 138 g/mol. The molecule has 0 saturated carbocycles. The molecule has 0 aromatic carbocycles. The lowest BCUT2D eigenvalue weighted by atomic mass is 9.91. The van der Waals surface area contributed by atoms with Gasteiger partial charge in [0.15, 0.2) is 0 Å². The number of hydrogen-bond donors (Lipinski definition) is 1. The molecule has 0 bridgehead atoms. The molecule has 11 heavy (non-hydrogen) atoms. The maximum atomic E-state index is 9.70. The van der Waals surface area contributed by atoms with Crippen LogP contribution >= 0.6 is 0 Å².